The molecule has 3 rings (SSSR count). The lowest BCUT2D eigenvalue weighted by molar-refractivity contribution is 0.0930. The lowest BCUT2D eigenvalue weighted by Crippen LogP contribution is -2.34. The van der Waals surface area contributed by atoms with Gasteiger partial charge in [-0.3, -0.25) is 4.79 Å². The molecule has 138 valence electrons. The number of ether oxygens (including phenoxy) is 2. The van der Waals surface area contributed by atoms with E-state index in [0.717, 1.165) is 29.5 Å². The van der Waals surface area contributed by atoms with Crippen LogP contribution in [0.15, 0.2) is 42.5 Å². The molecule has 0 spiro atoms. The average molecular weight is 355 g/mol. The second-order valence-electron chi connectivity index (χ2n) is 6.44. The fraction of sp³-hybridized carbons (Fsp3) is 0.381. The van der Waals surface area contributed by atoms with E-state index in [1.807, 2.05) is 49.4 Å². The third-order valence-electron chi connectivity index (χ3n) is 4.44. The minimum absolute atomic E-state index is 0.0726. The highest BCUT2D eigenvalue weighted by atomic mass is 16.5. The van der Waals surface area contributed by atoms with E-state index in [1.165, 1.54) is 0 Å². The molecule has 1 aliphatic heterocycles. The molecule has 5 nitrogen and oxygen atoms in total. The van der Waals surface area contributed by atoms with Crippen molar-refractivity contribution in [3.05, 3.63) is 53.6 Å². The van der Waals surface area contributed by atoms with Crippen LogP contribution in [0.5, 0.6) is 5.75 Å². The van der Waals surface area contributed by atoms with E-state index < -0.39 is 0 Å². The first-order valence-corrected chi connectivity index (χ1v) is 9.07. The lowest BCUT2D eigenvalue weighted by Gasteiger charge is -2.12. The van der Waals surface area contributed by atoms with Gasteiger partial charge in [-0.2, -0.15) is 0 Å². The van der Waals surface area contributed by atoms with Gasteiger partial charge in [0.25, 0.3) is 5.91 Å². The molecular formula is C21H25NO4. The molecule has 1 aliphatic rings. The quantitative estimate of drug-likeness (QED) is 0.801. The van der Waals surface area contributed by atoms with Crippen LogP contribution in [-0.4, -0.2) is 36.9 Å². The Labute approximate surface area is 153 Å². The van der Waals surface area contributed by atoms with Gasteiger partial charge in [0, 0.05) is 17.7 Å². The first-order chi connectivity index (χ1) is 12.7. The highest BCUT2D eigenvalue weighted by Crippen LogP contribution is 2.27. The van der Waals surface area contributed by atoms with Gasteiger partial charge < -0.3 is 19.9 Å². The maximum absolute atomic E-state index is 12.3. The summed E-state index contributed by atoms with van der Waals surface area (Å²) in [6.45, 7) is 3.89. The molecule has 0 bridgehead atoms. The van der Waals surface area contributed by atoms with Crippen LogP contribution in [-0.2, 0) is 11.3 Å². The Morgan fingerprint density at radius 3 is 2.65 bits per heavy atom. The van der Waals surface area contributed by atoms with Gasteiger partial charge in [-0.15, -0.1) is 0 Å². The number of carbonyl (C=O) groups is 1. The largest absolute Gasteiger partial charge is 0.493 e. The molecule has 0 aliphatic carbocycles. The number of aliphatic hydroxyl groups excluding tert-OH is 1. The SMILES string of the molecule is CCCOc1ccc(-c2ccc(C(=O)NC3CCOC3)cc2)cc1CO. The normalized spacial score (nSPS) is 16.5. The number of rotatable bonds is 7. The van der Waals surface area contributed by atoms with E-state index in [-0.39, 0.29) is 18.6 Å². The Kier molecular flexibility index (Phi) is 6.26. The van der Waals surface area contributed by atoms with Crippen LogP contribution in [0.25, 0.3) is 11.1 Å². The molecule has 1 fully saturated rings. The molecule has 1 saturated heterocycles. The third-order valence-corrected chi connectivity index (χ3v) is 4.44. The van der Waals surface area contributed by atoms with E-state index >= 15 is 0 Å². The number of hydrogen-bond acceptors (Lipinski definition) is 4. The van der Waals surface area contributed by atoms with E-state index in [2.05, 4.69) is 5.32 Å². The van der Waals surface area contributed by atoms with Crippen LogP contribution < -0.4 is 10.1 Å². The minimum atomic E-state index is -0.0774. The number of amides is 1. The number of aliphatic hydroxyl groups is 1. The van der Waals surface area contributed by atoms with E-state index in [1.54, 1.807) is 0 Å². The monoisotopic (exact) mass is 355 g/mol. The van der Waals surface area contributed by atoms with Crippen LogP contribution in [0.1, 0.15) is 35.7 Å². The fourth-order valence-electron chi connectivity index (χ4n) is 2.97. The molecule has 1 unspecified atom stereocenters. The summed E-state index contributed by atoms with van der Waals surface area (Å²) in [5.41, 5.74) is 3.36. The summed E-state index contributed by atoms with van der Waals surface area (Å²) >= 11 is 0. The van der Waals surface area contributed by atoms with Crippen molar-refractivity contribution in [2.75, 3.05) is 19.8 Å². The van der Waals surface area contributed by atoms with Crippen LogP contribution in [0.4, 0.5) is 0 Å². The van der Waals surface area contributed by atoms with Gasteiger partial charge in [0.05, 0.1) is 25.9 Å². The zero-order valence-corrected chi connectivity index (χ0v) is 15.0. The van der Waals surface area contributed by atoms with Crippen LogP contribution in [0.2, 0.25) is 0 Å². The van der Waals surface area contributed by atoms with Crippen molar-refractivity contribution in [2.24, 2.45) is 0 Å². The van der Waals surface area contributed by atoms with Gasteiger partial charge in [0.15, 0.2) is 0 Å². The summed E-state index contributed by atoms with van der Waals surface area (Å²) < 4.78 is 10.9. The van der Waals surface area contributed by atoms with Gasteiger partial charge in [-0.1, -0.05) is 25.1 Å². The summed E-state index contributed by atoms with van der Waals surface area (Å²) in [5, 5.41) is 12.6. The zero-order chi connectivity index (χ0) is 18.4. The van der Waals surface area contributed by atoms with Crippen LogP contribution in [0, 0.1) is 0 Å². The molecule has 0 aromatic heterocycles. The first-order valence-electron chi connectivity index (χ1n) is 9.07. The van der Waals surface area contributed by atoms with E-state index in [9.17, 15) is 9.90 Å². The molecule has 26 heavy (non-hydrogen) atoms. The van der Waals surface area contributed by atoms with Gasteiger partial charge in [0.1, 0.15) is 5.75 Å². The topological polar surface area (TPSA) is 67.8 Å². The van der Waals surface area contributed by atoms with Crippen molar-refractivity contribution >= 4 is 5.91 Å². The van der Waals surface area contributed by atoms with E-state index in [4.69, 9.17) is 9.47 Å². The maximum atomic E-state index is 12.3. The smallest absolute Gasteiger partial charge is 0.251 e. The van der Waals surface area contributed by atoms with Crippen LogP contribution >= 0.6 is 0 Å². The second kappa shape index (κ2) is 8.83. The van der Waals surface area contributed by atoms with Gasteiger partial charge in [-0.25, -0.2) is 0 Å². The summed E-state index contributed by atoms with van der Waals surface area (Å²) in [7, 11) is 0. The highest BCUT2D eigenvalue weighted by Gasteiger charge is 2.18. The molecule has 2 aromatic carbocycles. The van der Waals surface area contributed by atoms with Gasteiger partial charge >= 0.3 is 0 Å². The number of benzene rings is 2. The Bertz CT molecular complexity index is 736. The Hall–Kier alpha value is -2.37. The Morgan fingerprint density at radius 1 is 1.23 bits per heavy atom. The van der Waals surface area contributed by atoms with Crippen molar-refractivity contribution in [1.82, 2.24) is 5.32 Å². The van der Waals surface area contributed by atoms with Crippen molar-refractivity contribution in [2.45, 2.75) is 32.4 Å². The Balaban J connectivity index is 1.72. The molecular weight excluding hydrogens is 330 g/mol. The van der Waals surface area contributed by atoms with E-state index in [0.29, 0.717) is 31.1 Å². The number of hydrogen-bond donors (Lipinski definition) is 2. The fourth-order valence-corrected chi connectivity index (χ4v) is 2.97. The summed E-state index contributed by atoms with van der Waals surface area (Å²) in [4.78, 5) is 12.3. The molecule has 2 N–H and O–H groups in total. The van der Waals surface area contributed by atoms with Gasteiger partial charge in [0.2, 0.25) is 0 Å². The van der Waals surface area contributed by atoms with Crippen molar-refractivity contribution in [3.8, 4) is 16.9 Å². The molecule has 0 saturated carbocycles. The number of nitrogens with one attached hydrogen (secondary N) is 1. The van der Waals surface area contributed by atoms with Crippen molar-refractivity contribution in [3.63, 3.8) is 0 Å². The van der Waals surface area contributed by atoms with Gasteiger partial charge in [-0.05, 0) is 48.2 Å². The van der Waals surface area contributed by atoms with Crippen molar-refractivity contribution in [1.29, 1.82) is 0 Å². The molecule has 1 atom stereocenters. The zero-order valence-electron chi connectivity index (χ0n) is 15.0. The Morgan fingerprint density at radius 2 is 2.00 bits per heavy atom. The summed E-state index contributed by atoms with van der Waals surface area (Å²) in [6, 6.07) is 13.4. The predicted octanol–water partition coefficient (Wildman–Crippen LogP) is 3.15. The summed E-state index contributed by atoms with van der Waals surface area (Å²) in [6.07, 6.45) is 1.78. The van der Waals surface area contributed by atoms with Crippen LogP contribution in [0.3, 0.4) is 0 Å². The average Bonchev–Trinajstić information content (AvgIpc) is 3.19. The third kappa shape index (κ3) is 4.42. The lowest BCUT2D eigenvalue weighted by atomic mass is 10.0. The van der Waals surface area contributed by atoms with Crippen molar-refractivity contribution < 1.29 is 19.4 Å². The first kappa shape index (κ1) is 18.4. The highest BCUT2D eigenvalue weighted by molar-refractivity contribution is 5.94. The molecule has 0 radical (unpaired) electrons. The maximum Gasteiger partial charge on any atom is 0.251 e. The standard InChI is InChI=1S/C21H25NO4/c1-2-10-26-20-8-7-17(12-18(20)13-23)15-3-5-16(6-4-15)21(24)22-19-9-11-25-14-19/h3-8,12,19,23H,2,9-11,13-14H2,1H3,(H,22,24). The summed E-state index contributed by atoms with van der Waals surface area (Å²) in [5.74, 6) is 0.638. The molecule has 5 heteroatoms. The molecule has 1 amide bonds. The second-order valence-corrected chi connectivity index (χ2v) is 6.44. The molecule has 1 heterocycles. The number of carbonyl (C=O) groups excluding carboxylic acids is 1. The molecule has 2 aromatic rings. The minimum Gasteiger partial charge on any atom is -0.493 e. The predicted molar refractivity (Wildman–Crippen MR) is 100 cm³/mol.